The summed E-state index contributed by atoms with van der Waals surface area (Å²) in [6.45, 7) is 0. The third-order valence-electron chi connectivity index (χ3n) is 3.58. The van der Waals surface area contributed by atoms with Crippen LogP contribution >= 0.6 is 0 Å². The largest absolute Gasteiger partial charge is 0.363 e. The Morgan fingerprint density at radius 1 is 1.32 bits per heavy atom. The van der Waals surface area contributed by atoms with E-state index in [2.05, 4.69) is 10.3 Å². The molecule has 0 unspecified atom stereocenters. The SMILES string of the molecule is CN(C)c1ccc(C(=O)NC2CCC(N)CC2)cn1. The van der Waals surface area contributed by atoms with E-state index in [1.807, 2.05) is 31.1 Å². The molecule has 0 radical (unpaired) electrons. The molecule has 0 atom stereocenters. The maximum absolute atomic E-state index is 12.1. The molecule has 1 heterocycles. The molecule has 1 fully saturated rings. The summed E-state index contributed by atoms with van der Waals surface area (Å²) in [4.78, 5) is 18.2. The van der Waals surface area contributed by atoms with Crippen LogP contribution in [0.25, 0.3) is 0 Å². The molecule has 1 aliphatic rings. The van der Waals surface area contributed by atoms with Crippen molar-refractivity contribution in [2.45, 2.75) is 37.8 Å². The van der Waals surface area contributed by atoms with Crippen LogP contribution in [0.3, 0.4) is 0 Å². The Bertz CT molecular complexity index is 422. The number of carbonyl (C=O) groups is 1. The smallest absolute Gasteiger partial charge is 0.253 e. The topological polar surface area (TPSA) is 71.2 Å². The zero-order valence-electron chi connectivity index (χ0n) is 11.6. The van der Waals surface area contributed by atoms with Crippen LogP contribution in [0.2, 0.25) is 0 Å². The quantitative estimate of drug-likeness (QED) is 0.857. The number of nitrogens with zero attached hydrogens (tertiary/aromatic N) is 2. The molecule has 19 heavy (non-hydrogen) atoms. The van der Waals surface area contributed by atoms with Gasteiger partial charge in [0.15, 0.2) is 0 Å². The average molecular weight is 262 g/mol. The number of amides is 1. The van der Waals surface area contributed by atoms with Crippen molar-refractivity contribution in [3.05, 3.63) is 23.9 Å². The lowest BCUT2D eigenvalue weighted by Gasteiger charge is -2.26. The molecule has 104 valence electrons. The van der Waals surface area contributed by atoms with Crippen LogP contribution in [0, 0.1) is 0 Å². The second kappa shape index (κ2) is 6.02. The van der Waals surface area contributed by atoms with E-state index in [1.54, 1.807) is 6.20 Å². The van der Waals surface area contributed by atoms with Crippen LogP contribution in [0.5, 0.6) is 0 Å². The first-order chi connectivity index (χ1) is 9.06. The number of carbonyl (C=O) groups excluding carboxylic acids is 1. The number of hydrogen-bond acceptors (Lipinski definition) is 4. The molecule has 0 bridgehead atoms. The van der Waals surface area contributed by atoms with Crippen molar-refractivity contribution in [1.29, 1.82) is 0 Å². The Hall–Kier alpha value is -1.62. The first-order valence-corrected chi connectivity index (χ1v) is 6.76. The molecular weight excluding hydrogens is 240 g/mol. The van der Waals surface area contributed by atoms with Crippen molar-refractivity contribution < 1.29 is 4.79 Å². The van der Waals surface area contributed by atoms with Gasteiger partial charge in [0.2, 0.25) is 0 Å². The monoisotopic (exact) mass is 262 g/mol. The molecule has 1 aliphatic carbocycles. The number of nitrogens with two attached hydrogens (primary N) is 1. The summed E-state index contributed by atoms with van der Waals surface area (Å²) < 4.78 is 0. The third-order valence-corrected chi connectivity index (χ3v) is 3.58. The minimum atomic E-state index is -0.0433. The molecule has 5 heteroatoms. The summed E-state index contributed by atoms with van der Waals surface area (Å²) in [6.07, 6.45) is 5.54. The van der Waals surface area contributed by atoms with E-state index in [0.717, 1.165) is 31.5 Å². The van der Waals surface area contributed by atoms with Crippen LogP contribution in [0.1, 0.15) is 36.0 Å². The van der Waals surface area contributed by atoms with Gasteiger partial charge in [0.25, 0.3) is 5.91 Å². The molecule has 1 saturated carbocycles. The van der Waals surface area contributed by atoms with Gasteiger partial charge >= 0.3 is 0 Å². The molecule has 0 spiro atoms. The highest BCUT2D eigenvalue weighted by molar-refractivity contribution is 5.94. The Labute approximate surface area is 114 Å². The summed E-state index contributed by atoms with van der Waals surface area (Å²) in [6, 6.07) is 4.22. The van der Waals surface area contributed by atoms with Gasteiger partial charge in [0, 0.05) is 32.4 Å². The van der Waals surface area contributed by atoms with Gasteiger partial charge in [-0.25, -0.2) is 4.98 Å². The average Bonchev–Trinajstić information content (AvgIpc) is 2.41. The van der Waals surface area contributed by atoms with Crippen molar-refractivity contribution in [1.82, 2.24) is 10.3 Å². The van der Waals surface area contributed by atoms with Gasteiger partial charge in [-0.1, -0.05) is 0 Å². The summed E-state index contributed by atoms with van der Waals surface area (Å²) in [5.41, 5.74) is 6.47. The third kappa shape index (κ3) is 3.67. The second-order valence-corrected chi connectivity index (χ2v) is 5.38. The maximum Gasteiger partial charge on any atom is 0.253 e. The normalized spacial score (nSPS) is 22.9. The van der Waals surface area contributed by atoms with Crippen LogP contribution in [-0.2, 0) is 0 Å². The highest BCUT2D eigenvalue weighted by Crippen LogP contribution is 2.17. The highest BCUT2D eigenvalue weighted by atomic mass is 16.1. The molecule has 1 aromatic rings. The van der Waals surface area contributed by atoms with Crippen molar-refractivity contribution in [3.8, 4) is 0 Å². The van der Waals surface area contributed by atoms with E-state index in [4.69, 9.17) is 5.73 Å². The highest BCUT2D eigenvalue weighted by Gasteiger charge is 2.20. The standard InChI is InChI=1S/C14H22N4O/c1-18(2)13-8-3-10(9-16-13)14(19)17-12-6-4-11(15)5-7-12/h3,8-9,11-12H,4-7,15H2,1-2H3,(H,17,19). The van der Waals surface area contributed by atoms with Crippen molar-refractivity contribution >= 4 is 11.7 Å². The lowest BCUT2D eigenvalue weighted by molar-refractivity contribution is 0.0925. The Morgan fingerprint density at radius 3 is 2.53 bits per heavy atom. The molecule has 3 N–H and O–H groups in total. The van der Waals surface area contributed by atoms with E-state index in [9.17, 15) is 4.79 Å². The van der Waals surface area contributed by atoms with Crippen molar-refractivity contribution in [3.63, 3.8) is 0 Å². The first-order valence-electron chi connectivity index (χ1n) is 6.76. The predicted molar refractivity (Wildman–Crippen MR) is 76.3 cm³/mol. The summed E-state index contributed by atoms with van der Waals surface area (Å²) in [7, 11) is 3.85. The van der Waals surface area contributed by atoms with Crippen LogP contribution < -0.4 is 16.0 Å². The fourth-order valence-corrected chi connectivity index (χ4v) is 2.32. The van der Waals surface area contributed by atoms with Gasteiger partial charge < -0.3 is 16.0 Å². The molecular formula is C14H22N4O. The maximum atomic E-state index is 12.1. The molecule has 5 nitrogen and oxygen atoms in total. The van der Waals surface area contributed by atoms with Gasteiger partial charge in [0.05, 0.1) is 5.56 Å². The molecule has 0 saturated heterocycles. The fourth-order valence-electron chi connectivity index (χ4n) is 2.32. The molecule has 2 rings (SSSR count). The number of anilines is 1. The lowest BCUT2D eigenvalue weighted by Crippen LogP contribution is -2.40. The minimum Gasteiger partial charge on any atom is -0.363 e. The van der Waals surface area contributed by atoms with Crippen LogP contribution in [-0.4, -0.2) is 37.1 Å². The van der Waals surface area contributed by atoms with E-state index in [0.29, 0.717) is 11.6 Å². The van der Waals surface area contributed by atoms with E-state index < -0.39 is 0 Å². The van der Waals surface area contributed by atoms with Gasteiger partial charge in [-0.15, -0.1) is 0 Å². The number of hydrogen-bond donors (Lipinski definition) is 2. The predicted octanol–water partition coefficient (Wildman–Crippen LogP) is 1.15. The Morgan fingerprint density at radius 2 is 2.00 bits per heavy atom. The van der Waals surface area contributed by atoms with Gasteiger partial charge in [-0.05, 0) is 37.8 Å². The minimum absolute atomic E-state index is 0.0433. The van der Waals surface area contributed by atoms with Crippen molar-refractivity contribution in [2.24, 2.45) is 5.73 Å². The number of aromatic nitrogens is 1. The van der Waals surface area contributed by atoms with E-state index in [1.165, 1.54) is 0 Å². The zero-order valence-corrected chi connectivity index (χ0v) is 11.6. The van der Waals surface area contributed by atoms with Gasteiger partial charge in [0.1, 0.15) is 5.82 Å². The number of pyridine rings is 1. The van der Waals surface area contributed by atoms with E-state index in [-0.39, 0.29) is 11.9 Å². The summed E-state index contributed by atoms with van der Waals surface area (Å²) >= 11 is 0. The zero-order chi connectivity index (χ0) is 13.8. The summed E-state index contributed by atoms with van der Waals surface area (Å²) in [5.74, 6) is 0.804. The Balaban J connectivity index is 1.92. The Kier molecular flexibility index (Phi) is 4.37. The first kappa shape index (κ1) is 13.8. The number of nitrogens with one attached hydrogen (secondary N) is 1. The molecule has 0 aliphatic heterocycles. The van der Waals surface area contributed by atoms with Crippen molar-refractivity contribution in [2.75, 3.05) is 19.0 Å². The van der Waals surface area contributed by atoms with E-state index >= 15 is 0 Å². The second-order valence-electron chi connectivity index (χ2n) is 5.38. The number of rotatable bonds is 3. The molecule has 0 aromatic carbocycles. The van der Waals surface area contributed by atoms with Crippen LogP contribution in [0.15, 0.2) is 18.3 Å². The summed E-state index contributed by atoms with van der Waals surface area (Å²) in [5, 5.41) is 3.06. The van der Waals surface area contributed by atoms with Gasteiger partial charge in [-0.2, -0.15) is 0 Å². The molecule has 1 amide bonds. The molecule has 1 aromatic heterocycles. The van der Waals surface area contributed by atoms with Crippen LogP contribution in [0.4, 0.5) is 5.82 Å². The lowest BCUT2D eigenvalue weighted by atomic mass is 9.92. The fraction of sp³-hybridized carbons (Fsp3) is 0.571. The van der Waals surface area contributed by atoms with Gasteiger partial charge in [-0.3, -0.25) is 4.79 Å².